The van der Waals surface area contributed by atoms with Gasteiger partial charge in [0, 0.05) is 52.3 Å². The first-order valence-electron chi connectivity index (χ1n) is 7.65. The van der Waals surface area contributed by atoms with Crippen LogP contribution in [0.2, 0.25) is 0 Å². The molecule has 1 N–H and O–H groups in total. The average Bonchev–Trinajstić information content (AvgIpc) is 3.25. The summed E-state index contributed by atoms with van der Waals surface area (Å²) in [5, 5.41) is 9.29. The van der Waals surface area contributed by atoms with Gasteiger partial charge in [0.1, 0.15) is 6.04 Å². The van der Waals surface area contributed by atoms with Crippen molar-refractivity contribution < 1.29 is 19.4 Å². The Labute approximate surface area is 124 Å². The minimum Gasteiger partial charge on any atom is -0.480 e. The third-order valence-electron chi connectivity index (χ3n) is 4.77. The molecule has 3 rings (SSSR count). The fourth-order valence-corrected chi connectivity index (χ4v) is 3.31. The van der Waals surface area contributed by atoms with Gasteiger partial charge >= 0.3 is 12.0 Å². The number of hydrogen-bond donors (Lipinski definition) is 1. The van der Waals surface area contributed by atoms with Crippen molar-refractivity contribution in [2.45, 2.75) is 37.5 Å². The van der Waals surface area contributed by atoms with Gasteiger partial charge in [-0.15, -0.1) is 0 Å². The van der Waals surface area contributed by atoms with Crippen LogP contribution in [0.5, 0.6) is 0 Å². The van der Waals surface area contributed by atoms with Gasteiger partial charge in [-0.2, -0.15) is 0 Å². The Kier molecular flexibility index (Phi) is 4.03. The minimum atomic E-state index is -0.945. The second kappa shape index (κ2) is 5.81. The van der Waals surface area contributed by atoms with E-state index in [-0.39, 0.29) is 12.1 Å². The summed E-state index contributed by atoms with van der Waals surface area (Å²) in [7, 11) is 1.56. The number of urea groups is 1. The number of carboxylic acid groups (broad SMARTS) is 1. The first kappa shape index (κ1) is 14.6. The SMILES string of the molecule is COC1CC(C(=O)O)N(C(=O)N2CCN(C3CC3)CC2)C1. The van der Waals surface area contributed by atoms with Crippen LogP contribution in [0.4, 0.5) is 4.79 Å². The summed E-state index contributed by atoms with van der Waals surface area (Å²) in [5.74, 6) is -0.945. The number of ether oxygens (including phenoxy) is 1. The molecule has 2 saturated heterocycles. The molecule has 3 aliphatic rings. The van der Waals surface area contributed by atoms with Gasteiger partial charge in [-0.1, -0.05) is 0 Å². The van der Waals surface area contributed by atoms with Crippen LogP contribution in [0, 0.1) is 0 Å². The summed E-state index contributed by atoms with van der Waals surface area (Å²) in [5.41, 5.74) is 0. The van der Waals surface area contributed by atoms with Gasteiger partial charge in [-0.25, -0.2) is 9.59 Å². The van der Waals surface area contributed by atoms with Gasteiger partial charge < -0.3 is 19.6 Å². The lowest BCUT2D eigenvalue weighted by atomic mass is 10.2. The first-order chi connectivity index (χ1) is 10.1. The van der Waals surface area contributed by atoms with Crippen molar-refractivity contribution in [3.05, 3.63) is 0 Å². The second-order valence-corrected chi connectivity index (χ2v) is 6.14. The molecule has 0 bridgehead atoms. The zero-order valence-corrected chi connectivity index (χ0v) is 12.4. The van der Waals surface area contributed by atoms with E-state index in [1.807, 2.05) is 0 Å². The molecule has 2 amide bonds. The number of nitrogens with zero attached hydrogens (tertiary/aromatic N) is 3. The predicted molar refractivity (Wildman–Crippen MR) is 75.1 cm³/mol. The van der Waals surface area contributed by atoms with Crippen LogP contribution < -0.4 is 0 Å². The number of carbonyl (C=O) groups excluding carboxylic acids is 1. The molecular formula is C14H23N3O4. The summed E-state index contributed by atoms with van der Waals surface area (Å²) >= 11 is 0. The predicted octanol–water partition coefficient (Wildman–Crippen LogP) is 0.0603. The highest BCUT2D eigenvalue weighted by Gasteiger charge is 2.42. The molecule has 118 valence electrons. The van der Waals surface area contributed by atoms with Gasteiger partial charge in [-0.3, -0.25) is 4.90 Å². The van der Waals surface area contributed by atoms with E-state index in [1.165, 1.54) is 17.7 Å². The minimum absolute atomic E-state index is 0.155. The number of amides is 2. The highest BCUT2D eigenvalue weighted by molar-refractivity contribution is 5.83. The molecule has 2 unspecified atom stereocenters. The molecule has 0 radical (unpaired) electrons. The van der Waals surface area contributed by atoms with Crippen molar-refractivity contribution in [3.63, 3.8) is 0 Å². The van der Waals surface area contributed by atoms with Crippen LogP contribution in [0.1, 0.15) is 19.3 Å². The summed E-state index contributed by atoms with van der Waals surface area (Å²) < 4.78 is 5.23. The maximum atomic E-state index is 12.6. The maximum Gasteiger partial charge on any atom is 0.326 e. The third-order valence-corrected chi connectivity index (χ3v) is 4.77. The van der Waals surface area contributed by atoms with Crippen molar-refractivity contribution in [3.8, 4) is 0 Å². The molecule has 0 spiro atoms. The Hall–Kier alpha value is -1.34. The van der Waals surface area contributed by atoms with E-state index in [4.69, 9.17) is 4.74 Å². The Bertz CT molecular complexity index is 418. The zero-order valence-electron chi connectivity index (χ0n) is 12.4. The fourth-order valence-electron chi connectivity index (χ4n) is 3.31. The molecular weight excluding hydrogens is 274 g/mol. The Morgan fingerprint density at radius 3 is 2.33 bits per heavy atom. The number of piperazine rings is 1. The van der Waals surface area contributed by atoms with E-state index in [1.54, 1.807) is 12.0 Å². The van der Waals surface area contributed by atoms with E-state index in [9.17, 15) is 14.7 Å². The number of methoxy groups -OCH3 is 1. The first-order valence-corrected chi connectivity index (χ1v) is 7.65. The maximum absolute atomic E-state index is 12.6. The van der Waals surface area contributed by atoms with Crippen LogP contribution in [-0.4, -0.2) is 89.8 Å². The van der Waals surface area contributed by atoms with Gasteiger partial charge in [-0.05, 0) is 12.8 Å². The quantitative estimate of drug-likeness (QED) is 0.797. The van der Waals surface area contributed by atoms with E-state index in [2.05, 4.69) is 4.90 Å². The third kappa shape index (κ3) is 2.98. The standard InChI is InChI=1S/C14H23N3O4/c1-21-11-8-12(13(18)19)17(9-11)14(20)16-6-4-15(5-7-16)10-2-3-10/h10-12H,2-9H2,1H3,(H,18,19). The van der Waals surface area contributed by atoms with Crippen molar-refractivity contribution >= 4 is 12.0 Å². The van der Waals surface area contributed by atoms with Crippen LogP contribution >= 0.6 is 0 Å². The summed E-state index contributed by atoms with van der Waals surface area (Å²) in [4.78, 5) is 29.6. The van der Waals surface area contributed by atoms with Gasteiger partial charge in [0.15, 0.2) is 0 Å². The number of likely N-dealkylation sites (tertiary alicyclic amines) is 1. The van der Waals surface area contributed by atoms with Crippen LogP contribution in [-0.2, 0) is 9.53 Å². The molecule has 3 fully saturated rings. The Balaban J connectivity index is 1.59. The molecule has 2 heterocycles. The number of carbonyl (C=O) groups is 2. The highest BCUT2D eigenvalue weighted by Crippen LogP contribution is 2.28. The molecule has 2 aliphatic heterocycles. The molecule has 1 saturated carbocycles. The van der Waals surface area contributed by atoms with Crippen LogP contribution in [0.3, 0.4) is 0 Å². The smallest absolute Gasteiger partial charge is 0.326 e. The second-order valence-electron chi connectivity index (χ2n) is 6.14. The number of rotatable bonds is 3. The van der Waals surface area contributed by atoms with E-state index in [0.717, 1.165) is 19.1 Å². The van der Waals surface area contributed by atoms with E-state index in [0.29, 0.717) is 26.1 Å². The lowest BCUT2D eigenvalue weighted by Gasteiger charge is -2.37. The normalized spacial score (nSPS) is 30.7. The Morgan fingerprint density at radius 2 is 1.81 bits per heavy atom. The molecule has 0 aromatic rings. The number of hydrogen-bond acceptors (Lipinski definition) is 4. The van der Waals surface area contributed by atoms with Gasteiger partial charge in [0.2, 0.25) is 0 Å². The molecule has 1 aliphatic carbocycles. The number of carboxylic acids is 1. The largest absolute Gasteiger partial charge is 0.480 e. The summed E-state index contributed by atoms with van der Waals surface area (Å²) in [6, 6.07) is -0.194. The van der Waals surface area contributed by atoms with Gasteiger partial charge in [0.25, 0.3) is 0 Å². The summed E-state index contributed by atoms with van der Waals surface area (Å²) in [6.45, 7) is 3.55. The lowest BCUT2D eigenvalue weighted by Crippen LogP contribution is -2.55. The monoisotopic (exact) mass is 297 g/mol. The highest BCUT2D eigenvalue weighted by atomic mass is 16.5. The molecule has 7 heteroatoms. The lowest BCUT2D eigenvalue weighted by molar-refractivity contribution is -0.141. The average molecular weight is 297 g/mol. The van der Waals surface area contributed by atoms with E-state index >= 15 is 0 Å². The Morgan fingerprint density at radius 1 is 1.14 bits per heavy atom. The van der Waals surface area contributed by atoms with Crippen molar-refractivity contribution in [2.24, 2.45) is 0 Å². The topological polar surface area (TPSA) is 73.3 Å². The zero-order chi connectivity index (χ0) is 15.0. The summed E-state index contributed by atoms with van der Waals surface area (Å²) in [6.07, 6.45) is 2.75. The molecule has 21 heavy (non-hydrogen) atoms. The van der Waals surface area contributed by atoms with Crippen molar-refractivity contribution in [2.75, 3.05) is 39.8 Å². The fraction of sp³-hybridized carbons (Fsp3) is 0.857. The van der Waals surface area contributed by atoms with E-state index < -0.39 is 12.0 Å². The molecule has 7 nitrogen and oxygen atoms in total. The van der Waals surface area contributed by atoms with Crippen LogP contribution in [0.25, 0.3) is 0 Å². The molecule has 0 aromatic carbocycles. The number of aliphatic carboxylic acids is 1. The molecule has 0 aromatic heterocycles. The van der Waals surface area contributed by atoms with Gasteiger partial charge in [0.05, 0.1) is 6.10 Å². The molecule has 2 atom stereocenters. The van der Waals surface area contributed by atoms with Crippen molar-refractivity contribution in [1.82, 2.24) is 14.7 Å². The van der Waals surface area contributed by atoms with Crippen LogP contribution in [0.15, 0.2) is 0 Å². The van der Waals surface area contributed by atoms with Crippen molar-refractivity contribution in [1.29, 1.82) is 0 Å².